The van der Waals surface area contributed by atoms with Crippen LogP contribution < -0.4 is 5.26 Å². The molecule has 0 bridgehead atoms. The first-order valence-corrected chi connectivity index (χ1v) is 9.46. The first kappa shape index (κ1) is 20.3. The summed E-state index contributed by atoms with van der Waals surface area (Å²) in [6.45, 7) is 1.51. The molecule has 3 aromatic rings. The van der Waals surface area contributed by atoms with Crippen molar-refractivity contribution >= 4 is 5.91 Å². The summed E-state index contributed by atoms with van der Waals surface area (Å²) in [7, 11) is 0. The Labute approximate surface area is 168 Å². The molecular formula is C22H22N2O5. The Morgan fingerprint density at radius 1 is 1.07 bits per heavy atom. The third kappa shape index (κ3) is 5.51. The molecule has 1 aliphatic rings. The first-order valence-electron chi connectivity index (χ1n) is 9.46. The van der Waals surface area contributed by atoms with Crippen molar-refractivity contribution in [3.05, 3.63) is 99.3 Å². The maximum Gasteiger partial charge on any atom is 0.253 e. The van der Waals surface area contributed by atoms with Gasteiger partial charge in [0.15, 0.2) is 10.6 Å². The summed E-state index contributed by atoms with van der Waals surface area (Å²) in [4.78, 5) is 26.8. The van der Waals surface area contributed by atoms with E-state index in [4.69, 9.17) is 14.6 Å². The summed E-state index contributed by atoms with van der Waals surface area (Å²) in [6.07, 6.45) is 4.40. The Bertz CT molecular complexity index is 903. The van der Waals surface area contributed by atoms with Gasteiger partial charge < -0.3 is 9.32 Å². The lowest BCUT2D eigenvalue weighted by Crippen LogP contribution is -2.37. The van der Waals surface area contributed by atoms with E-state index in [0.717, 1.165) is 43.1 Å². The van der Waals surface area contributed by atoms with Crippen LogP contribution in [-0.2, 0) is 6.42 Å². The third-order valence-electron chi connectivity index (χ3n) is 4.97. The van der Waals surface area contributed by atoms with Gasteiger partial charge in [0.25, 0.3) is 5.91 Å². The van der Waals surface area contributed by atoms with Gasteiger partial charge in [0.05, 0.1) is 6.20 Å². The lowest BCUT2D eigenvalue weighted by Gasteiger charge is -2.31. The van der Waals surface area contributed by atoms with E-state index in [1.165, 1.54) is 5.56 Å². The lowest BCUT2D eigenvalue weighted by molar-refractivity contribution is -0.284. The molecule has 0 atom stereocenters. The average Bonchev–Trinajstić information content (AvgIpc) is 3.24. The van der Waals surface area contributed by atoms with E-state index in [1.54, 1.807) is 4.75 Å². The van der Waals surface area contributed by atoms with Crippen LogP contribution in [0.2, 0.25) is 0 Å². The number of carbonyl (C=O) groups is 1. The van der Waals surface area contributed by atoms with Crippen molar-refractivity contribution in [2.45, 2.75) is 25.2 Å². The molecule has 0 spiro atoms. The van der Waals surface area contributed by atoms with E-state index < -0.39 is 0 Å². The van der Waals surface area contributed by atoms with Crippen LogP contribution in [-0.4, -0.2) is 28.9 Å². The third-order valence-corrected chi connectivity index (χ3v) is 4.97. The molecule has 4 rings (SSSR count). The summed E-state index contributed by atoms with van der Waals surface area (Å²) in [5.74, 6) is 2.16. The van der Waals surface area contributed by atoms with E-state index in [1.807, 2.05) is 59.6 Å². The first-order chi connectivity index (χ1) is 14.2. The zero-order valence-corrected chi connectivity index (χ0v) is 15.9. The van der Waals surface area contributed by atoms with Crippen molar-refractivity contribution in [1.82, 2.24) is 9.88 Å². The molecule has 1 fully saturated rings. The number of hydrogen-bond donors (Lipinski definition) is 0. The van der Waals surface area contributed by atoms with Gasteiger partial charge in [-0.15, -0.1) is 0 Å². The van der Waals surface area contributed by atoms with Gasteiger partial charge in [-0.1, -0.05) is 58.8 Å². The molecule has 7 nitrogen and oxygen atoms in total. The lowest BCUT2D eigenvalue weighted by atomic mass is 9.94. The molecule has 7 heteroatoms. The smallest absolute Gasteiger partial charge is 0.253 e. The second kappa shape index (κ2) is 10.2. The molecule has 0 radical (unpaired) electrons. The molecule has 0 aliphatic carbocycles. The topological polar surface area (TPSA) is 97.8 Å². The number of oxazole rings is 1. The molecule has 2 heterocycles. The fourth-order valence-electron chi connectivity index (χ4n) is 3.50. The van der Waals surface area contributed by atoms with Crippen molar-refractivity contribution in [2.24, 2.45) is 0 Å². The van der Waals surface area contributed by atoms with Gasteiger partial charge in [0, 0.05) is 31.0 Å². The number of aromatic nitrogens is 1. The summed E-state index contributed by atoms with van der Waals surface area (Å²) in [5, 5.41) is 7.88. The van der Waals surface area contributed by atoms with Crippen LogP contribution in [0.15, 0.2) is 71.3 Å². The molecule has 29 heavy (non-hydrogen) atoms. The van der Waals surface area contributed by atoms with Crippen LogP contribution in [0, 0.1) is 9.71 Å². The number of benzene rings is 2. The SMILES string of the molecule is O=C(c1ccccc1)N1CCC(c2cnc(Cc3ccccc3)o2)CC1.O=[O+][O-]. The highest BCUT2D eigenvalue weighted by Gasteiger charge is 2.26. The van der Waals surface area contributed by atoms with Gasteiger partial charge in [0.2, 0.25) is 0 Å². The van der Waals surface area contributed by atoms with Crippen molar-refractivity contribution < 1.29 is 14.5 Å². The maximum atomic E-state index is 12.5. The Morgan fingerprint density at radius 2 is 1.66 bits per heavy atom. The van der Waals surface area contributed by atoms with Crippen molar-refractivity contribution in [1.29, 1.82) is 0 Å². The van der Waals surface area contributed by atoms with Gasteiger partial charge in [0.1, 0.15) is 5.76 Å². The molecule has 1 amide bonds. The van der Waals surface area contributed by atoms with Crippen LogP contribution in [0.4, 0.5) is 0 Å². The summed E-state index contributed by atoms with van der Waals surface area (Å²) in [5.41, 5.74) is 1.96. The highest BCUT2D eigenvalue weighted by atomic mass is 17.2. The van der Waals surface area contributed by atoms with E-state index in [9.17, 15) is 4.79 Å². The minimum Gasteiger partial charge on any atom is -0.445 e. The molecular weight excluding hydrogens is 372 g/mol. The Hall–Kier alpha value is -3.48. The van der Waals surface area contributed by atoms with E-state index >= 15 is 0 Å². The fourth-order valence-corrected chi connectivity index (χ4v) is 3.50. The van der Waals surface area contributed by atoms with Gasteiger partial charge in [-0.2, -0.15) is 0 Å². The maximum absolute atomic E-state index is 12.5. The van der Waals surface area contributed by atoms with E-state index in [2.05, 4.69) is 17.1 Å². The average molecular weight is 394 g/mol. The molecule has 0 N–H and O–H groups in total. The summed E-state index contributed by atoms with van der Waals surface area (Å²) >= 11 is 0. The summed E-state index contributed by atoms with van der Waals surface area (Å²) < 4.78 is 7.74. The quantitative estimate of drug-likeness (QED) is 0.385. The zero-order valence-electron chi connectivity index (χ0n) is 15.9. The molecule has 2 aromatic carbocycles. The van der Waals surface area contributed by atoms with Crippen molar-refractivity contribution in [3.8, 4) is 0 Å². The minimum atomic E-state index is 0.117. The van der Waals surface area contributed by atoms with Crippen LogP contribution in [0.1, 0.15) is 46.3 Å². The summed E-state index contributed by atoms with van der Waals surface area (Å²) in [6, 6.07) is 19.7. The fraction of sp³-hybridized carbons (Fsp3) is 0.273. The van der Waals surface area contributed by atoms with Crippen molar-refractivity contribution in [3.63, 3.8) is 0 Å². The van der Waals surface area contributed by atoms with Crippen LogP contribution in [0.3, 0.4) is 0 Å². The number of rotatable bonds is 4. The van der Waals surface area contributed by atoms with Gasteiger partial charge >= 0.3 is 0 Å². The molecule has 150 valence electrons. The monoisotopic (exact) mass is 394 g/mol. The molecule has 1 aromatic heterocycles. The molecule has 1 saturated heterocycles. The Morgan fingerprint density at radius 3 is 2.28 bits per heavy atom. The highest BCUT2D eigenvalue weighted by molar-refractivity contribution is 5.94. The van der Waals surface area contributed by atoms with Crippen LogP contribution >= 0.6 is 0 Å². The predicted octanol–water partition coefficient (Wildman–Crippen LogP) is 3.16. The molecule has 1 aliphatic heterocycles. The van der Waals surface area contributed by atoms with E-state index in [0.29, 0.717) is 12.3 Å². The van der Waals surface area contributed by atoms with Crippen LogP contribution in [0.5, 0.6) is 0 Å². The predicted molar refractivity (Wildman–Crippen MR) is 107 cm³/mol. The van der Waals surface area contributed by atoms with E-state index in [-0.39, 0.29) is 5.91 Å². The molecule has 0 unspecified atom stereocenters. The zero-order chi connectivity index (χ0) is 20.5. The largest absolute Gasteiger partial charge is 0.445 e. The van der Waals surface area contributed by atoms with Crippen molar-refractivity contribution in [2.75, 3.05) is 13.1 Å². The number of hydrogen-bond acceptors (Lipinski definition) is 5. The number of amides is 1. The van der Waals surface area contributed by atoms with Crippen LogP contribution in [0.25, 0.3) is 0 Å². The number of likely N-dealkylation sites (tertiary alicyclic amines) is 1. The van der Waals surface area contributed by atoms with Gasteiger partial charge in [-0.25, -0.2) is 4.98 Å². The Balaban J connectivity index is 0.000000755. The number of piperidine rings is 1. The number of carbonyl (C=O) groups excluding carboxylic acids is 1. The second-order valence-electron chi connectivity index (χ2n) is 6.82. The normalized spacial score (nSPS) is 14.0. The number of nitrogens with zero attached hydrogens (tertiary/aromatic N) is 2. The minimum absolute atomic E-state index is 0.117. The second-order valence-corrected chi connectivity index (χ2v) is 6.82. The highest BCUT2D eigenvalue weighted by Crippen LogP contribution is 2.29. The Kier molecular flexibility index (Phi) is 7.10. The standard InChI is InChI=1S/C22H22N2O2.O3/c25-22(19-9-5-2-6-10-19)24-13-11-18(12-14-24)20-16-23-21(26-20)15-17-7-3-1-4-8-17;1-3-2/h1-10,16,18H,11-15H2;. The van der Waals surface area contributed by atoms with Gasteiger partial charge in [-0.3, -0.25) is 4.79 Å². The van der Waals surface area contributed by atoms with Gasteiger partial charge in [-0.05, 0) is 30.5 Å². The molecule has 0 saturated carbocycles.